The fourth-order valence-electron chi connectivity index (χ4n) is 5.38. The van der Waals surface area contributed by atoms with E-state index in [9.17, 15) is 4.79 Å². The molecule has 1 unspecified atom stereocenters. The first-order valence-electron chi connectivity index (χ1n) is 8.83. The van der Waals surface area contributed by atoms with Crippen molar-refractivity contribution in [3.63, 3.8) is 0 Å². The Hall–Kier alpha value is 0.01000. The number of rotatable bonds is 4. The first-order valence-corrected chi connectivity index (χ1v) is 11.2. The highest BCUT2D eigenvalue weighted by atomic mass is 31.1. The number of ketones is 1. The van der Waals surface area contributed by atoms with Crippen LogP contribution in [-0.4, -0.2) is 27.3 Å². The number of hydrogen-bond acceptors (Lipinski definition) is 1. The van der Waals surface area contributed by atoms with Gasteiger partial charge in [0.2, 0.25) is 0 Å². The van der Waals surface area contributed by atoms with Crippen LogP contribution in [0.25, 0.3) is 0 Å². The molecule has 0 N–H and O–H groups in total. The van der Waals surface area contributed by atoms with Crippen LogP contribution in [0.15, 0.2) is 12.2 Å². The average molecular weight is 334 g/mol. The van der Waals surface area contributed by atoms with Crippen LogP contribution in [0.2, 0.25) is 0 Å². The summed E-state index contributed by atoms with van der Waals surface area (Å²) in [7, 11) is 1.10. The number of allylic oxidation sites excluding steroid dienone is 2. The summed E-state index contributed by atoms with van der Waals surface area (Å²) in [5, 5.41) is 2.21. The van der Waals surface area contributed by atoms with E-state index in [0.29, 0.717) is 39.3 Å². The number of carbonyl (C=O) groups is 1. The summed E-state index contributed by atoms with van der Waals surface area (Å²) in [5.74, 6) is 1.94. The van der Waals surface area contributed by atoms with E-state index in [1.165, 1.54) is 21.0 Å². The van der Waals surface area contributed by atoms with E-state index in [4.69, 9.17) is 0 Å². The standard InChI is InChI=1S/C19H28OP2/c1-7-17(3,4)16-21-15-13-11-9-10-12(14(15)20)22(16)19(11,13)18(5,6)8-2/h9-13,15H,7-8H2,1-6H3/t11-,12+,13-,15-,19-,22?/m0/s1. The number of carbonyl (C=O) groups excluding carboxylic acids is 1. The third-order valence-corrected chi connectivity index (χ3v) is 14.1. The molecule has 1 nitrogen and oxygen atoms in total. The van der Waals surface area contributed by atoms with E-state index in [2.05, 4.69) is 53.7 Å². The van der Waals surface area contributed by atoms with Gasteiger partial charge in [-0.1, -0.05) is 76.2 Å². The molecule has 4 bridgehead atoms. The lowest BCUT2D eigenvalue weighted by molar-refractivity contribution is -0.118. The van der Waals surface area contributed by atoms with Crippen molar-refractivity contribution in [2.45, 2.75) is 70.9 Å². The fourth-order valence-corrected chi connectivity index (χ4v) is 13.5. The largest absolute Gasteiger partial charge is 0.298 e. The van der Waals surface area contributed by atoms with Crippen LogP contribution in [0, 0.1) is 22.7 Å². The van der Waals surface area contributed by atoms with E-state index >= 15 is 0 Å². The summed E-state index contributed by atoms with van der Waals surface area (Å²) in [5.41, 5.74) is 1.22. The molecule has 22 heavy (non-hydrogen) atoms. The molecule has 2 fully saturated rings. The van der Waals surface area contributed by atoms with Gasteiger partial charge < -0.3 is 0 Å². The molecule has 6 atom stereocenters. The quantitative estimate of drug-likeness (QED) is 0.503. The third kappa shape index (κ3) is 1.48. The molecule has 4 aliphatic heterocycles. The summed E-state index contributed by atoms with van der Waals surface area (Å²) in [4.78, 5) is 12.9. The van der Waals surface area contributed by atoms with Gasteiger partial charge in [-0.15, -0.1) is 0 Å². The second kappa shape index (κ2) is 4.34. The SMILES string of the molecule is CCC(C)(C)C1=P[C@@H]2C(=O)[C@H]3C=C[C@H]4[C@@H]2[C@@]4(C(C)(C)CC)P13. The topological polar surface area (TPSA) is 17.1 Å². The van der Waals surface area contributed by atoms with Gasteiger partial charge in [-0.05, 0) is 34.1 Å². The zero-order valence-corrected chi connectivity index (χ0v) is 16.5. The Morgan fingerprint density at radius 3 is 2.45 bits per heavy atom. The van der Waals surface area contributed by atoms with Crippen LogP contribution in [-0.2, 0) is 4.79 Å². The number of Topliss-reactive ketones (excluding diaryl/α,β-unsaturated/α-hetero) is 1. The summed E-state index contributed by atoms with van der Waals surface area (Å²) >= 11 is 0. The molecule has 5 rings (SSSR count). The molecule has 0 aromatic carbocycles. The molecular formula is C19H28OP2. The predicted octanol–water partition coefficient (Wildman–Crippen LogP) is 5.30. The molecule has 0 aromatic rings. The normalized spacial score (nSPS) is 45.8. The molecular weight excluding hydrogens is 306 g/mol. The Balaban J connectivity index is 1.92. The minimum absolute atomic E-state index is 0.253. The highest BCUT2D eigenvalue weighted by Crippen LogP contribution is 2.89. The molecule has 1 aliphatic carbocycles. The molecule has 5 aliphatic rings. The van der Waals surface area contributed by atoms with Crippen LogP contribution in [0.1, 0.15) is 54.4 Å². The average Bonchev–Trinajstić information content (AvgIpc) is 3.22. The van der Waals surface area contributed by atoms with Crippen molar-refractivity contribution in [2.24, 2.45) is 22.7 Å². The highest BCUT2D eigenvalue weighted by Gasteiger charge is 2.82. The van der Waals surface area contributed by atoms with Crippen LogP contribution in [0.5, 0.6) is 0 Å². The Morgan fingerprint density at radius 2 is 1.86 bits per heavy atom. The fraction of sp³-hybridized carbons (Fsp3) is 0.789. The molecule has 120 valence electrons. The summed E-state index contributed by atoms with van der Waals surface area (Å²) in [6, 6.07) is 0. The zero-order chi connectivity index (χ0) is 16.1. The van der Waals surface area contributed by atoms with Crippen molar-refractivity contribution >= 4 is 26.9 Å². The summed E-state index contributed by atoms with van der Waals surface area (Å²) < 4.78 is 0. The lowest BCUT2D eigenvalue weighted by atomic mass is 9.80. The molecule has 1 saturated carbocycles. The van der Waals surface area contributed by atoms with Gasteiger partial charge in [0.25, 0.3) is 0 Å². The maximum Gasteiger partial charge on any atom is 0.155 e. The van der Waals surface area contributed by atoms with Crippen molar-refractivity contribution in [1.82, 2.24) is 0 Å². The van der Waals surface area contributed by atoms with Gasteiger partial charge in [0.05, 0.1) is 11.3 Å². The van der Waals surface area contributed by atoms with Gasteiger partial charge in [0, 0.05) is 5.16 Å². The minimum atomic E-state index is -0.311. The van der Waals surface area contributed by atoms with E-state index in [0.717, 1.165) is 0 Å². The molecule has 4 heterocycles. The van der Waals surface area contributed by atoms with E-state index in [1.807, 2.05) is 0 Å². The molecule has 0 amide bonds. The number of hydrogen-bond donors (Lipinski definition) is 0. The monoisotopic (exact) mass is 334 g/mol. The van der Waals surface area contributed by atoms with E-state index in [1.54, 1.807) is 5.03 Å². The second-order valence-electron chi connectivity index (χ2n) is 8.85. The Labute approximate surface area is 137 Å². The zero-order valence-electron chi connectivity index (χ0n) is 14.7. The first kappa shape index (κ1) is 15.5. The molecule has 0 radical (unpaired) electrons. The molecule has 3 heteroatoms. The van der Waals surface area contributed by atoms with Crippen molar-refractivity contribution in [1.29, 1.82) is 0 Å². The van der Waals surface area contributed by atoms with Crippen LogP contribution < -0.4 is 0 Å². The highest BCUT2D eigenvalue weighted by molar-refractivity contribution is 7.89. The predicted molar refractivity (Wildman–Crippen MR) is 98.4 cm³/mol. The van der Waals surface area contributed by atoms with Gasteiger partial charge in [-0.2, -0.15) is 0 Å². The lowest BCUT2D eigenvalue weighted by Gasteiger charge is -2.55. The first-order chi connectivity index (χ1) is 10.2. The maximum atomic E-state index is 12.9. The van der Waals surface area contributed by atoms with Crippen molar-refractivity contribution in [3.05, 3.63) is 12.2 Å². The van der Waals surface area contributed by atoms with Gasteiger partial charge in [0.1, 0.15) is 0 Å². The van der Waals surface area contributed by atoms with Crippen molar-refractivity contribution in [3.8, 4) is 0 Å². The van der Waals surface area contributed by atoms with Gasteiger partial charge in [-0.25, -0.2) is 0 Å². The van der Waals surface area contributed by atoms with Gasteiger partial charge >= 0.3 is 0 Å². The van der Waals surface area contributed by atoms with Gasteiger partial charge in [0.15, 0.2) is 5.78 Å². The maximum absolute atomic E-state index is 12.9. The van der Waals surface area contributed by atoms with Crippen molar-refractivity contribution < 1.29 is 4.79 Å². The molecule has 0 aromatic heterocycles. The van der Waals surface area contributed by atoms with E-state index < -0.39 is 0 Å². The lowest BCUT2D eigenvalue weighted by Crippen LogP contribution is -2.51. The van der Waals surface area contributed by atoms with Crippen LogP contribution in [0.3, 0.4) is 0 Å². The molecule has 0 spiro atoms. The Kier molecular flexibility index (Phi) is 3.07. The third-order valence-electron chi connectivity index (χ3n) is 7.34. The second-order valence-corrected chi connectivity index (χ2v) is 12.9. The van der Waals surface area contributed by atoms with Gasteiger partial charge in [-0.3, -0.25) is 4.79 Å². The van der Waals surface area contributed by atoms with Crippen molar-refractivity contribution in [2.75, 3.05) is 0 Å². The van der Waals surface area contributed by atoms with Crippen LogP contribution >= 0.6 is 16.1 Å². The molecule has 1 saturated heterocycles. The minimum Gasteiger partial charge on any atom is -0.298 e. The Morgan fingerprint density at radius 1 is 1.18 bits per heavy atom. The summed E-state index contributed by atoms with van der Waals surface area (Å²) in [6.07, 6.45) is 7.20. The smallest absolute Gasteiger partial charge is 0.155 e. The van der Waals surface area contributed by atoms with E-state index in [-0.39, 0.29) is 13.6 Å². The summed E-state index contributed by atoms with van der Waals surface area (Å²) in [6.45, 7) is 14.5. The van der Waals surface area contributed by atoms with Crippen LogP contribution in [0.4, 0.5) is 0 Å². The Bertz CT molecular complexity index is 615.